The number of amides is 3. The van der Waals surface area contributed by atoms with Crippen LogP contribution in [0.3, 0.4) is 0 Å². The fourth-order valence-electron chi connectivity index (χ4n) is 4.51. The van der Waals surface area contributed by atoms with Gasteiger partial charge in [0.2, 0.25) is 11.8 Å². The predicted octanol–water partition coefficient (Wildman–Crippen LogP) is 4.27. The van der Waals surface area contributed by atoms with Crippen molar-refractivity contribution in [2.24, 2.45) is 0 Å². The van der Waals surface area contributed by atoms with Gasteiger partial charge in [0.25, 0.3) is 5.91 Å². The van der Waals surface area contributed by atoms with Crippen LogP contribution in [-0.2, 0) is 16.0 Å². The van der Waals surface area contributed by atoms with Gasteiger partial charge in [-0.05, 0) is 60.0 Å². The Morgan fingerprint density at radius 3 is 2.49 bits per heavy atom. The number of hydrogen-bond donors (Lipinski definition) is 2. The molecule has 0 unspecified atom stereocenters. The van der Waals surface area contributed by atoms with E-state index in [2.05, 4.69) is 15.6 Å². The van der Waals surface area contributed by atoms with Crippen molar-refractivity contribution in [3.05, 3.63) is 82.3 Å². The molecule has 8 heteroatoms. The Bertz CT molecular complexity index is 1140. The molecule has 0 spiro atoms. The Balaban J connectivity index is 1.70. The fourth-order valence-corrected chi connectivity index (χ4v) is 5.15. The first-order chi connectivity index (χ1) is 17.1. The number of nitrogens with zero attached hydrogens (tertiary/aromatic N) is 2. The van der Waals surface area contributed by atoms with E-state index in [0.717, 1.165) is 31.2 Å². The Kier molecular flexibility index (Phi) is 8.26. The number of thiophene rings is 1. The van der Waals surface area contributed by atoms with Crippen LogP contribution in [0.1, 0.15) is 59.4 Å². The third kappa shape index (κ3) is 5.95. The number of para-hydroxylation sites is 1. The summed E-state index contributed by atoms with van der Waals surface area (Å²) in [4.78, 5) is 46.2. The third-order valence-electron chi connectivity index (χ3n) is 6.28. The predicted molar refractivity (Wildman–Crippen MR) is 137 cm³/mol. The smallest absolute Gasteiger partial charge is 0.261 e. The minimum atomic E-state index is -0.891. The molecule has 2 N–H and O–H groups in total. The van der Waals surface area contributed by atoms with Crippen molar-refractivity contribution in [2.45, 2.75) is 51.1 Å². The van der Waals surface area contributed by atoms with Crippen molar-refractivity contribution in [3.8, 4) is 0 Å². The SMILES string of the molecule is CCc1ccccc1N(C(=O)CNC(=O)c1cccs1)[C@@H](C(=O)NC1CCCC1)c1ccncc1. The van der Waals surface area contributed by atoms with Crippen molar-refractivity contribution < 1.29 is 14.4 Å². The molecule has 0 radical (unpaired) electrons. The fraction of sp³-hybridized carbons (Fsp3) is 0.333. The number of carbonyl (C=O) groups excluding carboxylic acids is 3. The highest BCUT2D eigenvalue weighted by Crippen LogP contribution is 2.31. The topological polar surface area (TPSA) is 91.4 Å². The molecule has 35 heavy (non-hydrogen) atoms. The highest BCUT2D eigenvalue weighted by atomic mass is 32.1. The second kappa shape index (κ2) is 11.8. The number of aryl methyl sites for hydroxylation is 1. The molecule has 1 fully saturated rings. The highest BCUT2D eigenvalue weighted by molar-refractivity contribution is 7.12. The summed E-state index contributed by atoms with van der Waals surface area (Å²) >= 11 is 1.31. The lowest BCUT2D eigenvalue weighted by atomic mass is 10.0. The van der Waals surface area contributed by atoms with Crippen LogP contribution in [0.15, 0.2) is 66.3 Å². The van der Waals surface area contributed by atoms with Crippen LogP contribution in [0.5, 0.6) is 0 Å². The van der Waals surface area contributed by atoms with E-state index in [-0.39, 0.29) is 30.3 Å². The van der Waals surface area contributed by atoms with Crippen molar-refractivity contribution in [2.75, 3.05) is 11.4 Å². The molecule has 3 aromatic rings. The Labute approximate surface area is 209 Å². The van der Waals surface area contributed by atoms with Crippen LogP contribution < -0.4 is 15.5 Å². The monoisotopic (exact) mass is 490 g/mol. The lowest BCUT2D eigenvalue weighted by molar-refractivity contribution is -0.126. The number of nitrogens with one attached hydrogen (secondary N) is 2. The summed E-state index contributed by atoms with van der Waals surface area (Å²) in [5, 5.41) is 7.71. The number of rotatable bonds is 9. The van der Waals surface area contributed by atoms with E-state index in [1.807, 2.05) is 36.6 Å². The number of aromatic nitrogens is 1. The van der Waals surface area contributed by atoms with E-state index in [9.17, 15) is 14.4 Å². The average Bonchev–Trinajstić information content (AvgIpc) is 3.61. The van der Waals surface area contributed by atoms with E-state index >= 15 is 0 Å². The zero-order valence-corrected chi connectivity index (χ0v) is 20.6. The lowest BCUT2D eigenvalue weighted by Crippen LogP contribution is -2.49. The van der Waals surface area contributed by atoms with Gasteiger partial charge in [-0.1, -0.05) is 44.0 Å². The maximum atomic E-state index is 13.8. The Morgan fingerprint density at radius 2 is 1.80 bits per heavy atom. The summed E-state index contributed by atoms with van der Waals surface area (Å²) in [6.45, 7) is 1.78. The number of hydrogen-bond acceptors (Lipinski definition) is 5. The second-order valence-corrected chi connectivity index (χ2v) is 9.53. The molecular weight excluding hydrogens is 460 g/mol. The highest BCUT2D eigenvalue weighted by Gasteiger charge is 2.35. The van der Waals surface area contributed by atoms with Gasteiger partial charge in [0.15, 0.2) is 0 Å². The maximum Gasteiger partial charge on any atom is 0.261 e. The number of pyridine rings is 1. The molecule has 1 atom stereocenters. The normalized spacial score (nSPS) is 14.3. The zero-order valence-electron chi connectivity index (χ0n) is 19.8. The van der Waals surface area contributed by atoms with Gasteiger partial charge in [0.05, 0.1) is 11.4 Å². The van der Waals surface area contributed by atoms with Gasteiger partial charge in [-0.15, -0.1) is 11.3 Å². The molecule has 1 aliphatic carbocycles. The third-order valence-corrected chi connectivity index (χ3v) is 7.14. The minimum absolute atomic E-state index is 0.101. The van der Waals surface area contributed by atoms with Gasteiger partial charge >= 0.3 is 0 Å². The number of anilines is 1. The van der Waals surface area contributed by atoms with Gasteiger partial charge in [-0.3, -0.25) is 24.3 Å². The quantitative estimate of drug-likeness (QED) is 0.469. The first-order valence-corrected chi connectivity index (χ1v) is 12.9. The molecule has 0 saturated heterocycles. The number of carbonyl (C=O) groups is 3. The van der Waals surface area contributed by atoms with Crippen molar-refractivity contribution in [1.29, 1.82) is 0 Å². The molecule has 4 rings (SSSR count). The van der Waals surface area contributed by atoms with E-state index in [4.69, 9.17) is 0 Å². The van der Waals surface area contributed by atoms with Crippen LogP contribution in [0, 0.1) is 0 Å². The van der Waals surface area contributed by atoms with Gasteiger partial charge in [0.1, 0.15) is 6.04 Å². The molecule has 1 aromatic carbocycles. The summed E-state index contributed by atoms with van der Waals surface area (Å²) in [6, 6.07) is 13.8. The average molecular weight is 491 g/mol. The molecule has 2 aromatic heterocycles. The summed E-state index contributed by atoms with van der Waals surface area (Å²) in [6.07, 6.45) is 7.98. The maximum absolute atomic E-state index is 13.8. The minimum Gasteiger partial charge on any atom is -0.351 e. The van der Waals surface area contributed by atoms with Gasteiger partial charge in [-0.25, -0.2) is 0 Å². The molecule has 2 heterocycles. The van der Waals surface area contributed by atoms with E-state index in [1.54, 1.807) is 36.7 Å². The van der Waals surface area contributed by atoms with Crippen molar-refractivity contribution in [1.82, 2.24) is 15.6 Å². The van der Waals surface area contributed by atoms with Crippen LogP contribution in [0.2, 0.25) is 0 Å². The summed E-state index contributed by atoms with van der Waals surface area (Å²) < 4.78 is 0. The van der Waals surface area contributed by atoms with Gasteiger partial charge in [0, 0.05) is 24.1 Å². The molecule has 3 amide bonds. The van der Waals surface area contributed by atoms with Crippen LogP contribution in [-0.4, -0.2) is 35.3 Å². The van der Waals surface area contributed by atoms with E-state index in [0.29, 0.717) is 22.5 Å². The summed E-state index contributed by atoms with van der Waals surface area (Å²) in [5.41, 5.74) is 2.27. The summed E-state index contributed by atoms with van der Waals surface area (Å²) in [5.74, 6) is -0.904. The molecule has 182 valence electrons. The van der Waals surface area contributed by atoms with Crippen molar-refractivity contribution >= 4 is 34.7 Å². The lowest BCUT2D eigenvalue weighted by Gasteiger charge is -2.33. The molecule has 7 nitrogen and oxygen atoms in total. The molecule has 0 aliphatic heterocycles. The van der Waals surface area contributed by atoms with Gasteiger partial charge < -0.3 is 10.6 Å². The van der Waals surface area contributed by atoms with Crippen LogP contribution in [0.25, 0.3) is 0 Å². The molecule has 1 saturated carbocycles. The van der Waals surface area contributed by atoms with Gasteiger partial charge in [-0.2, -0.15) is 0 Å². The van der Waals surface area contributed by atoms with Crippen LogP contribution in [0.4, 0.5) is 5.69 Å². The number of benzene rings is 1. The molecular formula is C27H30N4O3S. The van der Waals surface area contributed by atoms with E-state index < -0.39 is 6.04 Å². The second-order valence-electron chi connectivity index (χ2n) is 8.58. The largest absolute Gasteiger partial charge is 0.351 e. The molecule has 0 bridgehead atoms. The Morgan fingerprint density at radius 1 is 1.06 bits per heavy atom. The zero-order chi connectivity index (χ0) is 24.6. The standard InChI is InChI=1S/C27H30N4O3S/c1-2-19-8-3-6-11-22(19)31(24(32)18-29-26(33)23-12-7-17-35-23)25(20-13-15-28-16-14-20)27(34)30-21-9-4-5-10-21/h3,6-8,11-17,21,25H,2,4-5,9-10,18H2,1H3,(H,29,33)(H,30,34)/t25-/m1/s1. The van der Waals surface area contributed by atoms with Crippen LogP contribution >= 0.6 is 11.3 Å². The Hall–Kier alpha value is -3.52. The first kappa shape index (κ1) is 24.6. The van der Waals surface area contributed by atoms with E-state index in [1.165, 1.54) is 16.2 Å². The van der Waals surface area contributed by atoms with Crippen molar-refractivity contribution in [3.63, 3.8) is 0 Å². The summed E-state index contributed by atoms with van der Waals surface area (Å²) in [7, 11) is 0. The first-order valence-electron chi connectivity index (χ1n) is 12.0. The molecule has 1 aliphatic rings.